The SMILES string of the molecule is COC(=O)c1ccc(OCCOC(=O)CC2CCC(=O)N2Cc2ccc(C)cc2)cc1. The van der Waals surface area contributed by atoms with E-state index in [0.29, 0.717) is 30.7 Å². The summed E-state index contributed by atoms with van der Waals surface area (Å²) >= 11 is 0. The molecule has 1 atom stereocenters. The van der Waals surface area contributed by atoms with Crippen molar-refractivity contribution in [2.45, 2.75) is 38.8 Å². The Morgan fingerprint density at radius 1 is 1.03 bits per heavy atom. The molecule has 2 aromatic carbocycles. The van der Waals surface area contributed by atoms with Crippen molar-refractivity contribution in [3.63, 3.8) is 0 Å². The Hall–Kier alpha value is -3.35. The molecule has 2 aromatic rings. The van der Waals surface area contributed by atoms with E-state index in [1.807, 2.05) is 31.2 Å². The van der Waals surface area contributed by atoms with Gasteiger partial charge in [0, 0.05) is 19.0 Å². The molecule has 1 saturated heterocycles. The van der Waals surface area contributed by atoms with Gasteiger partial charge in [-0.05, 0) is 43.2 Å². The topological polar surface area (TPSA) is 82.1 Å². The van der Waals surface area contributed by atoms with Crippen molar-refractivity contribution >= 4 is 17.8 Å². The van der Waals surface area contributed by atoms with Crippen LogP contribution in [0, 0.1) is 6.92 Å². The average Bonchev–Trinajstić information content (AvgIpc) is 3.11. The lowest BCUT2D eigenvalue weighted by Gasteiger charge is -2.24. The van der Waals surface area contributed by atoms with E-state index in [0.717, 1.165) is 5.56 Å². The zero-order valence-corrected chi connectivity index (χ0v) is 17.8. The van der Waals surface area contributed by atoms with Crippen molar-refractivity contribution in [2.24, 2.45) is 0 Å². The summed E-state index contributed by atoms with van der Waals surface area (Å²) in [7, 11) is 1.32. The number of aryl methyl sites for hydroxylation is 1. The van der Waals surface area contributed by atoms with Gasteiger partial charge in [-0.3, -0.25) is 9.59 Å². The Morgan fingerprint density at radius 2 is 1.74 bits per heavy atom. The monoisotopic (exact) mass is 425 g/mol. The molecule has 0 N–H and O–H groups in total. The molecule has 0 radical (unpaired) electrons. The van der Waals surface area contributed by atoms with Crippen molar-refractivity contribution in [3.05, 3.63) is 65.2 Å². The first kappa shape index (κ1) is 22.3. The van der Waals surface area contributed by atoms with Gasteiger partial charge in [0.1, 0.15) is 19.0 Å². The molecule has 1 aliphatic rings. The number of methoxy groups -OCH3 is 1. The highest BCUT2D eigenvalue weighted by Gasteiger charge is 2.32. The minimum atomic E-state index is -0.415. The van der Waals surface area contributed by atoms with Crippen LogP contribution in [0.25, 0.3) is 0 Å². The zero-order chi connectivity index (χ0) is 22.2. The highest BCUT2D eigenvalue weighted by molar-refractivity contribution is 5.89. The van der Waals surface area contributed by atoms with Gasteiger partial charge in [0.2, 0.25) is 5.91 Å². The second-order valence-corrected chi connectivity index (χ2v) is 7.49. The van der Waals surface area contributed by atoms with Gasteiger partial charge in [-0.1, -0.05) is 29.8 Å². The first-order valence-electron chi connectivity index (χ1n) is 10.3. The van der Waals surface area contributed by atoms with Crippen molar-refractivity contribution in [1.82, 2.24) is 4.90 Å². The molecule has 1 aliphatic heterocycles. The molecule has 0 aromatic heterocycles. The van der Waals surface area contributed by atoms with Crippen LogP contribution in [0.15, 0.2) is 48.5 Å². The van der Waals surface area contributed by atoms with Crippen molar-refractivity contribution in [2.75, 3.05) is 20.3 Å². The van der Waals surface area contributed by atoms with Gasteiger partial charge in [0.25, 0.3) is 0 Å². The molecule has 7 heteroatoms. The molecule has 1 fully saturated rings. The molecular weight excluding hydrogens is 398 g/mol. The number of benzene rings is 2. The number of esters is 2. The van der Waals surface area contributed by atoms with Gasteiger partial charge in [-0.2, -0.15) is 0 Å². The molecule has 1 heterocycles. The molecule has 164 valence electrons. The van der Waals surface area contributed by atoms with E-state index in [9.17, 15) is 14.4 Å². The Labute approximate surface area is 181 Å². The van der Waals surface area contributed by atoms with E-state index in [1.165, 1.54) is 12.7 Å². The third kappa shape index (κ3) is 6.31. The fourth-order valence-corrected chi connectivity index (χ4v) is 3.48. The molecule has 0 spiro atoms. The predicted molar refractivity (Wildman–Crippen MR) is 114 cm³/mol. The lowest BCUT2D eigenvalue weighted by atomic mass is 10.1. The molecule has 1 amide bonds. The van der Waals surface area contributed by atoms with Gasteiger partial charge in [0.05, 0.1) is 19.1 Å². The number of hydrogen-bond donors (Lipinski definition) is 0. The molecule has 1 unspecified atom stereocenters. The van der Waals surface area contributed by atoms with Gasteiger partial charge in [-0.15, -0.1) is 0 Å². The van der Waals surface area contributed by atoms with E-state index in [2.05, 4.69) is 4.74 Å². The smallest absolute Gasteiger partial charge is 0.337 e. The number of carbonyl (C=O) groups is 3. The average molecular weight is 425 g/mol. The normalized spacial score (nSPS) is 15.6. The maximum absolute atomic E-state index is 12.3. The molecule has 31 heavy (non-hydrogen) atoms. The third-order valence-electron chi connectivity index (χ3n) is 5.22. The van der Waals surface area contributed by atoms with Crippen molar-refractivity contribution < 1.29 is 28.6 Å². The summed E-state index contributed by atoms with van der Waals surface area (Å²) in [4.78, 5) is 37.7. The number of likely N-dealkylation sites (tertiary alicyclic amines) is 1. The molecule has 3 rings (SSSR count). The number of hydrogen-bond acceptors (Lipinski definition) is 6. The van der Waals surface area contributed by atoms with Crippen LogP contribution in [0.1, 0.15) is 40.7 Å². The van der Waals surface area contributed by atoms with Crippen LogP contribution in [-0.2, 0) is 25.6 Å². The first-order chi connectivity index (χ1) is 15.0. The van der Waals surface area contributed by atoms with Gasteiger partial charge in [0.15, 0.2) is 0 Å². The summed E-state index contributed by atoms with van der Waals surface area (Å²) in [5, 5.41) is 0. The largest absolute Gasteiger partial charge is 0.490 e. The molecule has 0 bridgehead atoms. The Kier molecular flexibility index (Phi) is 7.65. The van der Waals surface area contributed by atoms with Crippen LogP contribution in [-0.4, -0.2) is 49.1 Å². The molecule has 7 nitrogen and oxygen atoms in total. The number of amides is 1. The summed E-state index contributed by atoms with van der Waals surface area (Å²) < 4.78 is 15.5. The van der Waals surface area contributed by atoms with Crippen LogP contribution in [0.4, 0.5) is 0 Å². The number of nitrogens with zero attached hydrogens (tertiary/aromatic N) is 1. The van der Waals surface area contributed by atoms with Crippen LogP contribution in [0.3, 0.4) is 0 Å². The second kappa shape index (κ2) is 10.6. The van der Waals surface area contributed by atoms with Crippen LogP contribution < -0.4 is 4.74 Å². The second-order valence-electron chi connectivity index (χ2n) is 7.49. The van der Waals surface area contributed by atoms with E-state index >= 15 is 0 Å². The maximum Gasteiger partial charge on any atom is 0.337 e. The standard InChI is InChI=1S/C24H27NO6/c1-17-3-5-18(6-4-17)16-25-20(9-12-22(25)26)15-23(27)31-14-13-30-21-10-7-19(8-11-21)24(28)29-2/h3-8,10-11,20H,9,12-16H2,1-2H3. The summed E-state index contributed by atoms with van der Waals surface area (Å²) in [6.45, 7) is 2.82. The van der Waals surface area contributed by atoms with Crippen molar-refractivity contribution in [1.29, 1.82) is 0 Å². The molecule has 0 saturated carbocycles. The van der Waals surface area contributed by atoms with Gasteiger partial charge in [-0.25, -0.2) is 4.79 Å². The van der Waals surface area contributed by atoms with Crippen LogP contribution in [0.2, 0.25) is 0 Å². The van der Waals surface area contributed by atoms with Gasteiger partial charge >= 0.3 is 11.9 Å². The van der Waals surface area contributed by atoms with Gasteiger partial charge < -0.3 is 19.1 Å². The number of carbonyl (C=O) groups excluding carboxylic acids is 3. The van der Waals surface area contributed by atoms with E-state index in [-0.39, 0.29) is 37.6 Å². The summed E-state index contributed by atoms with van der Waals surface area (Å²) in [5.74, 6) is -0.132. The Morgan fingerprint density at radius 3 is 2.42 bits per heavy atom. The summed E-state index contributed by atoms with van der Waals surface area (Å²) in [6, 6.07) is 14.4. The minimum Gasteiger partial charge on any atom is -0.490 e. The highest BCUT2D eigenvalue weighted by atomic mass is 16.6. The lowest BCUT2D eigenvalue weighted by Crippen LogP contribution is -2.34. The van der Waals surface area contributed by atoms with Crippen LogP contribution in [0.5, 0.6) is 5.75 Å². The highest BCUT2D eigenvalue weighted by Crippen LogP contribution is 2.24. The first-order valence-corrected chi connectivity index (χ1v) is 10.3. The summed E-state index contributed by atoms with van der Waals surface area (Å²) in [5.41, 5.74) is 2.65. The minimum absolute atomic E-state index is 0.0668. The fourth-order valence-electron chi connectivity index (χ4n) is 3.48. The maximum atomic E-state index is 12.3. The van der Waals surface area contributed by atoms with E-state index in [1.54, 1.807) is 29.2 Å². The van der Waals surface area contributed by atoms with Crippen LogP contribution >= 0.6 is 0 Å². The summed E-state index contributed by atoms with van der Waals surface area (Å²) in [6.07, 6.45) is 1.28. The lowest BCUT2D eigenvalue weighted by molar-refractivity contribution is -0.146. The molecular formula is C24H27NO6. The number of rotatable bonds is 9. The Bertz CT molecular complexity index is 907. The molecule has 0 aliphatic carbocycles. The van der Waals surface area contributed by atoms with Crippen molar-refractivity contribution in [3.8, 4) is 5.75 Å². The quantitative estimate of drug-likeness (QED) is 0.453. The number of ether oxygens (including phenoxy) is 3. The Balaban J connectivity index is 1.41. The zero-order valence-electron chi connectivity index (χ0n) is 17.8. The predicted octanol–water partition coefficient (Wildman–Crippen LogP) is 3.28. The van der Waals surface area contributed by atoms with E-state index < -0.39 is 5.97 Å². The third-order valence-corrected chi connectivity index (χ3v) is 5.22. The fraction of sp³-hybridized carbons (Fsp3) is 0.375. The van der Waals surface area contributed by atoms with E-state index in [4.69, 9.17) is 9.47 Å².